The minimum absolute atomic E-state index is 0.420. The molecular weight excluding hydrogens is 239 g/mol. The van der Waals surface area contributed by atoms with Crippen molar-refractivity contribution in [1.29, 1.82) is 5.26 Å². The Morgan fingerprint density at radius 3 is 2.63 bits per heavy atom. The normalized spacial score (nSPS) is 14.8. The Hall–Kier alpha value is -1.51. The zero-order valence-corrected chi connectivity index (χ0v) is 11.9. The Morgan fingerprint density at radius 2 is 2.05 bits per heavy atom. The molecule has 4 nitrogen and oxygen atoms in total. The molecule has 0 radical (unpaired) electrons. The number of rotatable bonds is 4. The molecule has 1 aliphatic rings. The topological polar surface area (TPSA) is 58.2 Å². The second kappa shape index (κ2) is 4.55. The van der Waals surface area contributed by atoms with Crippen LogP contribution in [0.25, 0.3) is 6.08 Å². The first kappa shape index (κ1) is 13.9. The summed E-state index contributed by atoms with van der Waals surface area (Å²) in [7, 11) is 0.420. The molecule has 0 fully saturated rings. The maximum atomic E-state index is 10.1. The fourth-order valence-electron chi connectivity index (χ4n) is 1.87. The summed E-state index contributed by atoms with van der Waals surface area (Å²) >= 11 is 0. The zero-order chi connectivity index (χ0) is 14.3. The van der Waals surface area contributed by atoms with Gasteiger partial charge in [0.15, 0.2) is 0 Å². The van der Waals surface area contributed by atoms with Crippen molar-refractivity contribution in [2.45, 2.75) is 45.4 Å². The summed E-state index contributed by atoms with van der Waals surface area (Å²) in [6, 6.07) is 6.17. The molecule has 1 aromatic rings. The Bertz CT molecular complexity index is 559. The molecule has 0 aromatic carbocycles. The molecule has 0 atom stereocenters. The first-order chi connectivity index (χ1) is 8.74. The predicted octanol–water partition coefficient (Wildman–Crippen LogP) is 0.952. The molecule has 19 heavy (non-hydrogen) atoms. The Labute approximate surface area is 114 Å². The third-order valence-electron chi connectivity index (χ3n) is 3.95. The third kappa shape index (κ3) is 2.60. The van der Waals surface area contributed by atoms with E-state index >= 15 is 0 Å². The summed E-state index contributed by atoms with van der Waals surface area (Å²) in [4.78, 5) is 0. The van der Waals surface area contributed by atoms with Gasteiger partial charge in [-0.3, -0.25) is 0 Å². The smallest absolute Gasteiger partial charge is 0.326 e. The molecule has 1 aliphatic heterocycles. The highest BCUT2D eigenvalue weighted by Gasteiger charge is 2.36. The van der Waals surface area contributed by atoms with Crippen LogP contribution in [0.4, 0.5) is 0 Å². The number of allylic oxidation sites excluding steroid dienone is 1. The van der Waals surface area contributed by atoms with E-state index in [0.29, 0.717) is 14.0 Å². The molecule has 2 rings (SSSR count). The molecule has 2 heterocycles. The average molecular weight is 258 g/mol. The van der Waals surface area contributed by atoms with Gasteiger partial charge in [-0.05, 0) is 45.9 Å². The first-order valence-electron chi connectivity index (χ1n) is 6.40. The maximum Gasteiger partial charge on any atom is 0.326 e. The minimum atomic E-state index is -0.913. The van der Waals surface area contributed by atoms with Gasteiger partial charge in [-0.25, -0.2) is 0 Å². The molecule has 0 bridgehead atoms. The number of aliphatic hydroxyl groups is 1. The van der Waals surface area contributed by atoms with E-state index in [1.165, 1.54) is 0 Å². The van der Waals surface area contributed by atoms with Crippen molar-refractivity contribution in [2.24, 2.45) is 0 Å². The van der Waals surface area contributed by atoms with Crippen molar-refractivity contribution in [1.82, 2.24) is 4.57 Å². The molecule has 1 aromatic heterocycles. The van der Waals surface area contributed by atoms with E-state index in [0.717, 1.165) is 16.9 Å². The number of hydrogen-bond donors (Lipinski definition) is 1. The second-order valence-corrected chi connectivity index (χ2v) is 5.98. The van der Waals surface area contributed by atoms with Crippen molar-refractivity contribution in [3.05, 3.63) is 23.4 Å². The van der Waals surface area contributed by atoms with Gasteiger partial charge in [-0.15, -0.1) is 0 Å². The SMILES string of the molecule is CC(C)(O)C(C)(C)OBc1ccc2n1CC(C#N)=C2. The Balaban J connectivity index is 2.08. The van der Waals surface area contributed by atoms with E-state index in [1.807, 2.05) is 32.1 Å². The van der Waals surface area contributed by atoms with Crippen LogP contribution in [0.5, 0.6) is 0 Å². The van der Waals surface area contributed by atoms with Gasteiger partial charge in [0.05, 0.1) is 29.4 Å². The van der Waals surface area contributed by atoms with Gasteiger partial charge in [0.25, 0.3) is 0 Å². The van der Waals surface area contributed by atoms with Crippen LogP contribution >= 0.6 is 0 Å². The van der Waals surface area contributed by atoms with E-state index in [1.54, 1.807) is 13.8 Å². The first-order valence-corrected chi connectivity index (χ1v) is 6.40. The standard InChI is InChI=1S/C14H19BN2O2/c1-13(2,18)14(3,4)19-15-12-6-5-11-7-10(8-16)9-17(11)12/h5-7,15,18H,9H2,1-4H3. The summed E-state index contributed by atoms with van der Waals surface area (Å²) < 4.78 is 7.92. The van der Waals surface area contributed by atoms with Crippen molar-refractivity contribution < 1.29 is 9.76 Å². The van der Waals surface area contributed by atoms with E-state index in [9.17, 15) is 5.11 Å². The molecular formula is C14H19BN2O2. The number of fused-ring (bicyclic) bond motifs is 1. The quantitative estimate of drug-likeness (QED) is 0.818. The summed E-state index contributed by atoms with van der Waals surface area (Å²) in [5, 5.41) is 19.0. The third-order valence-corrected chi connectivity index (χ3v) is 3.95. The summed E-state index contributed by atoms with van der Waals surface area (Å²) in [6.45, 7) is 7.84. The van der Waals surface area contributed by atoms with Crippen molar-refractivity contribution >= 4 is 19.2 Å². The van der Waals surface area contributed by atoms with Gasteiger partial charge in [0, 0.05) is 11.3 Å². The molecule has 0 saturated heterocycles. The van der Waals surface area contributed by atoms with Crippen LogP contribution in [0.2, 0.25) is 0 Å². The number of nitriles is 1. The van der Waals surface area contributed by atoms with Gasteiger partial charge in [-0.1, -0.05) is 0 Å². The molecule has 0 unspecified atom stereocenters. The van der Waals surface area contributed by atoms with Gasteiger partial charge in [0.1, 0.15) is 0 Å². The van der Waals surface area contributed by atoms with Gasteiger partial charge >= 0.3 is 7.48 Å². The van der Waals surface area contributed by atoms with Crippen LogP contribution < -0.4 is 5.59 Å². The van der Waals surface area contributed by atoms with Crippen molar-refractivity contribution in [3.8, 4) is 6.07 Å². The highest BCUT2D eigenvalue weighted by molar-refractivity contribution is 6.46. The zero-order valence-electron chi connectivity index (χ0n) is 11.9. The van der Waals surface area contributed by atoms with Gasteiger partial charge in [-0.2, -0.15) is 5.26 Å². The minimum Gasteiger partial charge on any atom is -0.425 e. The Kier molecular flexibility index (Phi) is 3.33. The highest BCUT2D eigenvalue weighted by Crippen LogP contribution is 2.24. The van der Waals surface area contributed by atoms with Crippen molar-refractivity contribution in [2.75, 3.05) is 0 Å². The lowest BCUT2D eigenvalue weighted by Gasteiger charge is -2.37. The molecule has 0 spiro atoms. The molecule has 1 N–H and O–H groups in total. The van der Waals surface area contributed by atoms with E-state index in [2.05, 4.69) is 10.6 Å². The van der Waals surface area contributed by atoms with Crippen LogP contribution in [-0.2, 0) is 11.2 Å². The lowest BCUT2D eigenvalue weighted by atomic mass is 9.85. The van der Waals surface area contributed by atoms with E-state index in [4.69, 9.17) is 9.92 Å². The summed E-state index contributed by atoms with van der Waals surface area (Å²) in [5.41, 5.74) is 1.27. The fraction of sp³-hybridized carbons (Fsp3) is 0.500. The number of hydrogen-bond acceptors (Lipinski definition) is 3. The van der Waals surface area contributed by atoms with E-state index < -0.39 is 11.2 Å². The predicted molar refractivity (Wildman–Crippen MR) is 76.3 cm³/mol. The van der Waals surface area contributed by atoms with Crippen LogP contribution in [0.15, 0.2) is 17.7 Å². The Morgan fingerprint density at radius 1 is 1.37 bits per heavy atom. The number of nitrogens with zero attached hydrogens (tertiary/aromatic N) is 2. The lowest BCUT2D eigenvalue weighted by Crippen LogP contribution is -2.49. The average Bonchev–Trinajstić information content (AvgIpc) is 2.84. The fourth-order valence-corrected chi connectivity index (χ4v) is 1.87. The monoisotopic (exact) mass is 258 g/mol. The summed E-state index contributed by atoms with van der Waals surface area (Å²) in [5.74, 6) is 0. The largest absolute Gasteiger partial charge is 0.425 e. The lowest BCUT2D eigenvalue weighted by molar-refractivity contribution is -0.0894. The number of aromatic nitrogens is 1. The molecule has 0 amide bonds. The second-order valence-electron chi connectivity index (χ2n) is 5.98. The highest BCUT2D eigenvalue weighted by atomic mass is 16.5. The van der Waals surface area contributed by atoms with E-state index in [-0.39, 0.29) is 0 Å². The van der Waals surface area contributed by atoms with Gasteiger partial charge in [0.2, 0.25) is 0 Å². The van der Waals surface area contributed by atoms with Gasteiger partial charge < -0.3 is 14.3 Å². The molecule has 0 saturated carbocycles. The molecule has 0 aliphatic carbocycles. The maximum absolute atomic E-state index is 10.1. The van der Waals surface area contributed by atoms with Crippen LogP contribution in [0.1, 0.15) is 33.4 Å². The summed E-state index contributed by atoms with van der Waals surface area (Å²) in [6.07, 6.45) is 1.89. The molecule has 5 heteroatoms. The molecule has 100 valence electrons. The van der Waals surface area contributed by atoms with Crippen molar-refractivity contribution in [3.63, 3.8) is 0 Å². The van der Waals surface area contributed by atoms with Crippen LogP contribution in [0.3, 0.4) is 0 Å². The van der Waals surface area contributed by atoms with Crippen LogP contribution in [0, 0.1) is 11.3 Å². The van der Waals surface area contributed by atoms with Crippen LogP contribution in [-0.4, -0.2) is 28.4 Å².